The molecule has 0 radical (unpaired) electrons. The minimum absolute atomic E-state index is 0.0970. The van der Waals surface area contributed by atoms with E-state index < -0.39 is 0 Å². The Labute approximate surface area is 164 Å². The molecule has 4 aliphatic carbocycles. The van der Waals surface area contributed by atoms with Gasteiger partial charge in [-0.2, -0.15) is 0 Å². The smallest absolute Gasteiger partial charge is 0.226 e. The average molecular weight is 376 g/mol. The zero-order chi connectivity index (χ0) is 19.0. The molecule has 4 bridgehead atoms. The highest BCUT2D eigenvalue weighted by molar-refractivity contribution is 5.84. The Bertz CT molecular complexity index is 531. The van der Waals surface area contributed by atoms with E-state index in [1.54, 1.807) is 0 Å². The maximum atomic E-state index is 13.0. The predicted molar refractivity (Wildman–Crippen MR) is 106 cm³/mol. The van der Waals surface area contributed by atoms with Crippen LogP contribution in [0.5, 0.6) is 0 Å². The van der Waals surface area contributed by atoms with Gasteiger partial charge in [0.15, 0.2) is 0 Å². The first kappa shape index (κ1) is 19.2. The van der Waals surface area contributed by atoms with E-state index in [2.05, 4.69) is 24.1 Å². The molecule has 5 rings (SSSR count). The quantitative estimate of drug-likeness (QED) is 0.776. The van der Waals surface area contributed by atoms with Crippen LogP contribution in [-0.4, -0.2) is 60.9 Å². The summed E-state index contributed by atoms with van der Waals surface area (Å²) in [5.41, 5.74) is -0.0970. The zero-order valence-electron chi connectivity index (χ0n) is 17.2. The van der Waals surface area contributed by atoms with Crippen LogP contribution in [0.25, 0.3) is 0 Å². The summed E-state index contributed by atoms with van der Waals surface area (Å²) in [6, 6.07) is 0. The summed E-state index contributed by atoms with van der Waals surface area (Å²) in [6.45, 7) is 9.71. The topological polar surface area (TPSA) is 52.6 Å². The number of hydrogen-bond acceptors (Lipinski definition) is 3. The number of piperazine rings is 1. The second-order valence-electron chi connectivity index (χ2n) is 10.3. The predicted octanol–water partition coefficient (Wildman–Crippen LogP) is 2.51. The van der Waals surface area contributed by atoms with Gasteiger partial charge in [-0.15, -0.1) is 0 Å². The lowest BCUT2D eigenvalue weighted by molar-refractivity contribution is -0.146. The molecule has 27 heavy (non-hydrogen) atoms. The van der Waals surface area contributed by atoms with Crippen molar-refractivity contribution in [1.82, 2.24) is 15.1 Å². The molecular formula is C22H37N3O2. The highest BCUT2D eigenvalue weighted by Crippen LogP contribution is 2.60. The molecule has 4 saturated carbocycles. The highest BCUT2D eigenvalue weighted by Gasteiger charge is 2.54. The third-order valence-corrected chi connectivity index (χ3v) is 7.49. The van der Waals surface area contributed by atoms with Crippen LogP contribution in [0.1, 0.15) is 58.8 Å². The normalized spacial score (nSPS) is 35.7. The molecular weight excluding hydrogens is 338 g/mol. The fraction of sp³-hybridized carbons (Fsp3) is 0.909. The van der Waals surface area contributed by atoms with E-state index in [9.17, 15) is 9.59 Å². The van der Waals surface area contributed by atoms with E-state index >= 15 is 0 Å². The van der Waals surface area contributed by atoms with Crippen molar-refractivity contribution in [2.45, 2.75) is 58.8 Å². The van der Waals surface area contributed by atoms with Gasteiger partial charge in [-0.1, -0.05) is 13.8 Å². The van der Waals surface area contributed by atoms with Gasteiger partial charge in [-0.3, -0.25) is 14.5 Å². The van der Waals surface area contributed by atoms with Crippen LogP contribution in [0.3, 0.4) is 0 Å². The Morgan fingerprint density at radius 3 is 2.04 bits per heavy atom. The largest absolute Gasteiger partial charge is 0.355 e. The van der Waals surface area contributed by atoms with Crippen molar-refractivity contribution < 1.29 is 9.59 Å². The summed E-state index contributed by atoms with van der Waals surface area (Å²) in [6.07, 6.45) is 7.79. The molecule has 2 amide bonds. The van der Waals surface area contributed by atoms with Crippen molar-refractivity contribution in [3.8, 4) is 0 Å². The van der Waals surface area contributed by atoms with Crippen LogP contribution in [-0.2, 0) is 9.59 Å². The van der Waals surface area contributed by atoms with Crippen molar-refractivity contribution in [3.63, 3.8) is 0 Å². The third-order valence-electron chi connectivity index (χ3n) is 7.49. The summed E-state index contributed by atoms with van der Waals surface area (Å²) in [5.74, 6) is 3.47. The summed E-state index contributed by atoms with van der Waals surface area (Å²) >= 11 is 0. The first-order valence-corrected chi connectivity index (χ1v) is 11.2. The first-order chi connectivity index (χ1) is 12.9. The second-order valence-corrected chi connectivity index (χ2v) is 10.3. The van der Waals surface area contributed by atoms with Gasteiger partial charge in [0.25, 0.3) is 0 Å². The van der Waals surface area contributed by atoms with Gasteiger partial charge in [-0.05, 0) is 62.2 Å². The van der Waals surface area contributed by atoms with Crippen molar-refractivity contribution in [2.24, 2.45) is 29.1 Å². The van der Waals surface area contributed by atoms with Crippen molar-refractivity contribution >= 4 is 11.8 Å². The van der Waals surface area contributed by atoms with Gasteiger partial charge in [0.1, 0.15) is 0 Å². The minimum Gasteiger partial charge on any atom is -0.355 e. The van der Waals surface area contributed by atoms with Crippen molar-refractivity contribution in [2.75, 3.05) is 39.3 Å². The van der Waals surface area contributed by atoms with E-state index in [-0.39, 0.29) is 17.2 Å². The van der Waals surface area contributed by atoms with Crippen LogP contribution < -0.4 is 5.32 Å². The van der Waals surface area contributed by atoms with Crippen molar-refractivity contribution in [1.29, 1.82) is 0 Å². The van der Waals surface area contributed by atoms with Gasteiger partial charge in [-0.25, -0.2) is 0 Å². The first-order valence-electron chi connectivity index (χ1n) is 11.2. The molecule has 5 heteroatoms. The lowest BCUT2D eigenvalue weighted by Gasteiger charge is -2.55. The highest BCUT2D eigenvalue weighted by atomic mass is 16.2. The number of nitrogens with one attached hydrogen (secondary N) is 1. The molecule has 0 aromatic heterocycles. The molecule has 0 spiro atoms. The number of carbonyl (C=O) groups is 2. The maximum Gasteiger partial charge on any atom is 0.226 e. The van der Waals surface area contributed by atoms with E-state index in [1.807, 2.05) is 4.90 Å². The molecule has 152 valence electrons. The van der Waals surface area contributed by atoms with Gasteiger partial charge in [0.05, 0.1) is 0 Å². The van der Waals surface area contributed by atoms with E-state index in [4.69, 9.17) is 0 Å². The lowest BCUT2D eigenvalue weighted by atomic mass is 9.49. The maximum absolute atomic E-state index is 13.0. The molecule has 5 nitrogen and oxygen atoms in total. The molecule has 1 N–H and O–H groups in total. The van der Waals surface area contributed by atoms with Gasteiger partial charge in [0.2, 0.25) is 11.8 Å². The lowest BCUT2D eigenvalue weighted by Crippen LogP contribution is -2.54. The average Bonchev–Trinajstić information content (AvgIpc) is 2.60. The summed E-state index contributed by atoms with van der Waals surface area (Å²) < 4.78 is 0. The van der Waals surface area contributed by atoms with Crippen LogP contribution >= 0.6 is 0 Å². The Kier molecular flexibility index (Phi) is 5.50. The summed E-state index contributed by atoms with van der Waals surface area (Å²) in [4.78, 5) is 29.9. The SMILES string of the molecule is CC(C)CN1CCN(C(=O)CCNC(=O)C23CC4CC(CC(C4)C2)C3)CC1. The summed E-state index contributed by atoms with van der Waals surface area (Å²) in [7, 11) is 0. The molecule has 0 aromatic rings. The second kappa shape index (κ2) is 7.73. The molecule has 1 saturated heterocycles. The van der Waals surface area contributed by atoms with E-state index in [0.29, 0.717) is 18.9 Å². The molecule has 1 aliphatic heterocycles. The van der Waals surface area contributed by atoms with Gasteiger partial charge in [0, 0.05) is 51.1 Å². The molecule has 5 aliphatic rings. The standard InChI is InChI=1S/C22H37N3O2/c1-16(2)15-24-5-7-25(8-6-24)20(26)3-4-23-21(27)22-12-17-9-18(13-22)11-19(10-17)14-22/h16-19H,3-15H2,1-2H3,(H,23,27). The van der Waals surface area contributed by atoms with Crippen LogP contribution in [0.2, 0.25) is 0 Å². The Morgan fingerprint density at radius 2 is 1.52 bits per heavy atom. The van der Waals surface area contributed by atoms with Gasteiger partial charge < -0.3 is 10.2 Å². The van der Waals surface area contributed by atoms with Gasteiger partial charge >= 0.3 is 0 Å². The minimum atomic E-state index is -0.0970. The zero-order valence-corrected chi connectivity index (χ0v) is 17.2. The number of carbonyl (C=O) groups excluding carboxylic acids is 2. The fourth-order valence-electron chi connectivity index (χ4n) is 6.71. The number of hydrogen-bond donors (Lipinski definition) is 1. The number of nitrogens with zero attached hydrogens (tertiary/aromatic N) is 2. The number of rotatable bonds is 6. The van der Waals surface area contributed by atoms with E-state index in [0.717, 1.165) is 69.7 Å². The Balaban J connectivity index is 1.20. The van der Waals surface area contributed by atoms with Crippen molar-refractivity contribution in [3.05, 3.63) is 0 Å². The molecule has 1 heterocycles. The Hall–Kier alpha value is -1.10. The van der Waals surface area contributed by atoms with E-state index in [1.165, 1.54) is 19.3 Å². The third kappa shape index (κ3) is 4.18. The fourth-order valence-corrected chi connectivity index (χ4v) is 6.71. The van der Waals surface area contributed by atoms with Crippen LogP contribution in [0.4, 0.5) is 0 Å². The van der Waals surface area contributed by atoms with Crippen LogP contribution in [0, 0.1) is 29.1 Å². The molecule has 5 fully saturated rings. The molecule has 0 aromatic carbocycles. The Morgan fingerprint density at radius 1 is 0.963 bits per heavy atom. The molecule has 0 atom stereocenters. The summed E-state index contributed by atoms with van der Waals surface area (Å²) in [5, 5.41) is 3.15. The number of amides is 2. The van der Waals surface area contributed by atoms with Crippen LogP contribution in [0.15, 0.2) is 0 Å². The monoisotopic (exact) mass is 375 g/mol. The molecule has 0 unspecified atom stereocenters.